The Hall–Kier alpha value is -1.81. The molecule has 90 valence electrons. The van der Waals surface area contributed by atoms with Crippen LogP contribution in [0.3, 0.4) is 0 Å². The minimum atomic E-state index is 0. The fraction of sp³-hybridized carbons (Fsp3) is 0.167. The van der Waals surface area contributed by atoms with Gasteiger partial charge in [-0.2, -0.15) is 0 Å². The molecule has 1 aromatic carbocycles. The Labute approximate surface area is 106 Å². The van der Waals surface area contributed by atoms with E-state index in [0.29, 0.717) is 11.5 Å². The summed E-state index contributed by atoms with van der Waals surface area (Å²) in [6, 6.07) is 7.20. The van der Waals surface area contributed by atoms with Gasteiger partial charge in [-0.05, 0) is 31.5 Å². The van der Waals surface area contributed by atoms with Gasteiger partial charge in [-0.1, -0.05) is 6.07 Å². The van der Waals surface area contributed by atoms with Crippen LogP contribution in [0.1, 0.15) is 11.3 Å². The molecular formula is C12H14ClN3O. The van der Waals surface area contributed by atoms with Crippen LogP contribution in [-0.2, 0) is 0 Å². The molecule has 0 unspecified atom stereocenters. The van der Waals surface area contributed by atoms with Crippen molar-refractivity contribution in [1.82, 2.24) is 9.97 Å². The number of nitrogens with zero attached hydrogens (tertiary/aromatic N) is 2. The first kappa shape index (κ1) is 13.3. The summed E-state index contributed by atoms with van der Waals surface area (Å²) in [7, 11) is 0. The second kappa shape index (κ2) is 5.50. The van der Waals surface area contributed by atoms with Crippen LogP contribution in [0.2, 0.25) is 0 Å². The number of benzene rings is 1. The van der Waals surface area contributed by atoms with E-state index in [-0.39, 0.29) is 18.2 Å². The summed E-state index contributed by atoms with van der Waals surface area (Å²) in [6.45, 7) is 3.86. The highest BCUT2D eigenvalue weighted by molar-refractivity contribution is 5.85. The monoisotopic (exact) mass is 251 g/mol. The van der Waals surface area contributed by atoms with Crippen molar-refractivity contribution >= 4 is 23.9 Å². The minimum absolute atomic E-state index is 0. The summed E-state index contributed by atoms with van der Waals surface area (Å²) in [4.78, 5) is 8.08. The van der Waals surface area contributed by atoms with E-state index in [4.69, 9.17) is 0 Å². The molecule has 1 aromatic heterocycles. The Morgan fingerprint density at radius 3 is 2.59 bits per heavy atom. The second-order valence-corrected chi connectivity index (χ2v) is 3.69. The Morgan fingerprint density at radius 2 is 1.88 bits per heavy atom. The Bertz CT molecular complexity index is 517. The number of hydrogen-bond donors (Lipinski definition) is 2. The van der Waals surface area contributed by atoms with E-state index >= 15 is 0 Å². The predicted octanol–water partition coefficient (Wildman–Crippen LogP) is 2.96. The maximum absolute atomic E-state index is 9.66. The van der Waals surface area contributed by atoms with Gasteiger partial charge in [0, 0.05) is 11.8 Å². The number of aryl methyl sites for hydroxylation is 2. The molecule has 2 rings (SSSR count). The molecule has 0 aliphatic carbocycles. The third-order valence-electron chi connectivity index (χ3n) is 2.22. The van der Waals surface area contributed by atoms with Crippen LogP contribution in [0, 0.1) is 13.8 Å². The number of nitrogens with one attached hydrogen (secondary N) is 1. The van der Waals surface area contributed by atoms with E-state index in [1.54, 1.807) is 6.07 Å². The van der Waals surface area contributed by atoms with Crippen LogP contribution in [0.15, 0.2) is 30.6 Å². The third kappa shape index (κ3) is 3.32. The van der Waals surface area contributed by atoms with Gasteiger partial charge in [0.25, 0.3) is 0 Å². The van der Waals surface area contributed by atoms with Gasteiger partial charge in [0.15, 0.2) is 0 Å². The molecule has 0 spiro atoms. The number of phenolic OH excluding ortho intramolecular Hbond substituents is 1. The molecule has 1 heterocycles. The average molecular weight is 252 g/mol. The number of halogens is 1. The SMILES string of the molecule is Cc1ccc(O)c(Nc2cc(C)ncn2)c1.Cl. The first-order valence-electron chi connectivity index (χ1n) is 5.00. The molecular weight excluding hydrogens is 238 g/mol. The molecule has 0 aliphatic rings. The zero-order valence-corrected chi connectivity index (χ0v) is 10.5. The first-order chi connectivity index (χ1) is 7.65. The minimum Gasteiger partial charge on any atom is -0.506 e. The van der Waals surface area contributed by atoms with Crippen molar-refractivity contribution in [2.75, 3.05) is 5.32 Å². The smallest absolute Gasteiger partial charge is 0.139 e. The molecule has 0 saturated carbocycles. The fourth-order valence-electron chi connectivity index (χ4n) is 1.41. The number of aromatic hydroxyl groups is 1. The van der Waals surface area contributed by atoms with Crippen LogP contribution < -0.4 is 5.32 Å². The lowest BCUT2D eigenvalue weighted by molar-refractivity contribution is 0.477. The van der Waals surface area contributed by atoms with Gasteiger partial charge in [-0.15, -0.1) is 12.4 Å². The molecule has 0 fully saturated rings. The molecule has 0 amide bonds. The summed E-state index contributed by atoms with van der Waals surface area (Å²) >= 11 is 0. The van der Waals surface area contributed by atoms with Crippen LogP contribution >= 0.6 is 12.4 Å². The second-order valence-electron chi connectivity index (χ2n) is 3.69. The molecule has 0 aliphatic heterocycles. The van der Waals surface area contributed by atoms with E-state index in [1.807, 2.05) is 32.0 Å². The fourth-order valence-corrected chi connectivity index (χ4v) is 1.41. The first-order valence-corrected chi connectivity index (χ1v) is 5.00. The molecule has 17 heavy (non-hydrogen) atoms. The standard InChI is InChI=1S/C12H13N3O.ClH/c1-8-3-4-11(16)10(5-8)15-12-6-9(2)13-7-14-12;/h3-7,16H,1-2H3,(H,13,14,15);1H. The van der Waals surface area contributed by atoms with Crippen molar-refractivity contribution in [2.45, 2.75) is 13.8 Å². The number of rotatable bonds is 2. The topological polar surface area (TPSA) is 58.0 Å². The number of aromatic nitrogens is 2. The molecule has 4 nitrogen and oxygen atoms in total. The van der Waals surface area contributed by atoms with E-state index in [2.05, 4.69) is 15.3 Å². The van der Waals surface area contributed by atoms with Gasteiger partial charge in [-0.3, -0.25) is 0 Å². The van der Waals surface area contributed by atoms with Gasteiger partial charge in [-0.25, -0.2) is 9.97 Å². The maximum Gasteiger partial charge on any atom is 0.139 e. The van der Waals surface area contributed by atoms with Crippen LogP contribution in [0.4, 0.5) is 11.5 Å². The molecule has 5 heteroatoms. The summed E-state index contributed by atoms with van der Waals surface area (Å²) in [6.07, 6.45) is 1.49. The van der Waals surface area contributed by atoms with Crippen molar-refractivity contribution < 1.29 is 5.11 Å². The van der Waals surface area contributed by atoms with Crippen molar-refractivity contribution in [3.05, 3.63) is 41.9 Å². The molecule has 0 radical (unpaired) electrons. The molecule has 0 saturated heterocycles. The lowest BCUT2D eigenvalue weighted by Gasteiger charge is -2.08. The quantitative estimate of drug-likeness (QED) is 0.806. The van der Waals surface area contributed by atoms with Gasteiger partial charge < -0.3 is 10.4 Å². The Kier molecular flexibility index (Phi) is 4.29. The van der Waals surface area contributed by atoms with Crippen LogP contribution in [0.5, 0.6) is 5.75 Å². The van der Waals surface area contributed by atoms with E-state index in [0.717, 1.165) is 11.3 Å². The number of hydrogen-bond acceptors (Lipinski definition) is 4. The maximum atomic E-state index is 9.66. The van der Waals surface area contributed by atoms with E-state index in [9.17, 15) is 5.11 Å². The summed E-state index contributed by atoms with van der Waals surface area (Å²) in [5.74, 6) is 0.885. The molecule has 2 aromatic rings. The van der Waals surface area contributed by atoms with Crippen molar-refractivity contribution in [1.29, 1.82) is 0 Å². The van der Waals surface area contributed by atoms with Crippen molar-refractivity contribution in [2.24, 2.45) is 0 Å². The highest BCUT2D eigenvalue weighted by atomic mass is 35.5. The molecule has 0 bridgehead atoms. The molecule has 2 N–H and O–H groups in total. The summed E-state index contributed by atoms with van der Waals surface area (Å²) < 4.78 is 0. The lowest BCUT2D eigenvalue weighted by Crippen LogP contribution is -1.95. The normalized spacial score (nSPS) is 9.53. The van der Waals surface area contributed by atoms with Crippen LogP contribution in [0.25, 0.3) is 0 Å². The van der Waals surface area contributed by atoms with Gasteiger partial charge in [0.05, 0.1) is 5.69 Å². The zero-order chi connectivity index (χ0) is 11.5. The number of phenols is 1. The van der Waals surface area contributed by atoms with E-state index < -0.39 is 0 Å². The highest BCUT2D eigenvalue weighted by Gasteiger charge is 2.02. The largest absolute Gasteiger partial charge is 0.506 e. The Balaban J connectivity index is 0.00000144. The van der Waals surface area contributed by atoms with E-state index in [1.165, 1.54) is 6.33 Å². The highest BCUT2D eigenvalue weighted by Crippen LogP contribution is 2.26. The van der Waals surface area contributed by atoms with Gasteiger partial charge in [0.2, 0.25) is 0 Å². The predicted molar refractivity (Wildman–Crippen MR) is 70.1 cm³/mol. The van der Waals surface area contributed by atoms with Crippen LogP contribution in [-0.4, -0.2) is 15.1 Å². The lowest BCUT2D eigenvalue weighted by atomic mass is 10.2. The Morgan fingerprint density at radius 1 is 1.12 bits per heavy atom. The van der Waals surface area contributed by atoms with Crippen molar-refractivity contribution in [3.63, 3.8) is 0 Å². The van der Waals surface area contributed by atoms with Gasteiger partial charge >= 0.3 is 0 Å². The number of anilines is 2. The summed E-state index contributed by atoms with van der Waals surface area (Å²) in [5, 5.41) is 12.7. The molecule has 0 atom stereocenters. The third-order valence-corrected chi connectivity index (χ3v) is 2.22. The average Bonchev–Trinajstić information content (AvgIpc) is 2.24. The van der Waals surface area contributed by atoms with Crippen molar-refractivity contribution in [3.8, 4) is 5.75 Å². The zero-order valence-electron chi connectivity index (χ0n) is 9.64. The summed E-state index contributed by atoms with van der Waals surface area (Å²) in [5.41, 5.74) is 2.61. The van der Waals surface area contributed by atoms with Gasteiger partial charge in [0.1, 0.15) is 17.9 Å².